The molecule has 1 saturated carbocycles. The molecule has 0 radical (unpaired) electrons. The maximum atomic E-state index is 9.90. The lowest BCUT2D eigenvalue weighted by Gasteiger charge is -2.35. The lowest BCUT2D eigenvalue weighted by Crippen LogP contribution is -2.44. The van der Waals surface area contributed by atoms with E-state index in [0.29, 0.717) is 6.04 Å². The van der Waals surface area contributed by atoms with Gasteiger partial charge in [-0.1, -0.05) is 12.8 Å². The van der Waals surface area contributed by atoms with Crippen LogP contribution in [0, 0.1) is 0 Å². The van der Waals surface area contributed by atoms with Gasteiger partial charge in [-0.15, -0.1) is 0 Å². The van der Waals surface area contributed by atoms with E-state index in [1.807, 2.05) is 0 Å². The van der Waals surface area contributed by atoms with E-state index >= 15 is 0 Å². The molecule has 3 nitrogen and oxygen atoms in total. The lowest BCUT2D eigenvalue weighted by molar-refractivity contribution is 0.0312. The zero-order chi connectivity index (χ0) is 11.3. The summed E-state index contributed by atoms with van der Waals surface area (Å²) in [7, 11) is 6.36. The highest BCUT2D eigenvalue weighted by Crippen LogP contribution is 2.22. The Balaban J connectivity index is 2.22. The van der Waals surface area contributed by atoms with Crippen LogP contribution in [0.5, 0.6) is 0 Å². The summed E-state index contributed by atoms with van der Waals surface area (Å²) in [6.07, 6.45) is 5.72. The van der Waals surface area contributed by atoms with Gasteiger partial charge in [0.1, 0.15) is 0 Å². The minimum Gasteiger partial charge on any atom is -0.391 e. The molecule has 0 amide bonds. The number of aliphatic hydroxyl groups is 1. The van der Waals surface area contributed by atoms with Crippen molar-refractivity contribution in [3.05, 3.63) is 0 Å². The van der Waals surface area contributed by atoms with Gasteiger partial charge in [-0.05, 0) is 53.5 Å². The highest BCUT2D eigenvalue weighted by molar-refractivity contribution is 4.81. The number of likely N-dealkylation sites (N-methyl/N-ethyl adjacent to an activating group) is 1. The van der Waals surface area contributed by atoms with E-state index in [0.717, 1.165) is 19.5 Å². The van der Waals surface area contributed by atoms with E-state index in [4.69, 9.17) is 0 Å². The van der Waals surface area contributed by atoms with Crippen molar-refractivity contribution in [1.29, 1.82) is 0 Å². The lowest BCUT2D eigenvalue weighted by atomic mass is 9.91. The number of aliphatic hydroxyl groups excluding tert-OH is 1. The SMILES string of the molecule is CN(C)CCCN(C)C1CCCCC1O. The number of nitrogens with zero attached hydrogens (tertiary/aromatic N) is 2. The van der Waals surface area contributed by atoms with Gasteiger partial charge >= 0.3 is 0 Å². The number of hydrogen-bond acceptors (Lipinski definition) is 3. The molecule has 1 rings (SSSR count). The molecule has 2 atom stereocenters. The van der Waals surface area contributed by atoms with Gasteiger partial charge in [0.05, 0.1) is 6.10 Å². The number of rotatable bonds is 5. The average Bonchev–Trinajstić information content (AvgIpc) is 2.17. The molecule has 1 fully saturated rings. The molecular weight excluding hydrogens is 188 g/mol. The third-order valence-corrected chi connectivity index (χ3v) is 3.38. The zero-order valence-electron chi connectivity index (χ0n) is 10.4. The van der Waals surface area contributed by atoms with Gasteiger partial charge in [0.2, 0.25) is 0 Å². The Bertz CT molecular complexity index is 173. The summed E-state index contributed by atoms with van der Waals surface area (Å²) in [5.74, 6) is 0. The van der Waals surface area contributed by atoms with Crippen LogP contribution in [0.4, 0.5) is 0 Å². The molecular formula is C12H26N2O. The van der Waals surface area contributed by atoms with Crippen LogP contribution in [0.2, 0.25) is 0 Å². The summed E-state index contributed by atoms with van der Waals surface area (Å²) in [5.41, 5.74) is 0. The maximum absolute atomic E-state index is 9.90. The van der Waals surface area contributed by atoms with Crippen LogP contribution in [0.3, 0.4) is 0 Å². The summed E-state index contributed by atoms with van der Waals surface area (Å²) >= 11 is 0. The van der Waals surface area contributed by atoms with Crippen LogP contribution in [-0.4, -0.2) is 61.3 Å². The maximum Gasteiger partial charge on any atom is 0.0695 e. The van der Waals surface area contributed by atoms with Crippen molar-refractivity contribution < 1.29 is 5.11 Å². The smallest absolute Gasteiger partial charge is 0.0695 e. The van der Waals surface area contributed by atoms with E-state index in [9.17, 15) is 5.11 Å². The van der Waals surface area contributed by atoms with E-state index in [-0.39, 0.29) is 6.10 Å². The predicted octanol–water partition coefficient (Wildman–Crippen LogP) is 1.17. The molecule has 0 aromatic rings. The topological polar surface area (TPSA) is 26.7 Å². The van der Waals surface area contributed by atoms with Crippen molar-refractivity contribution in [3.63, 3.8) is 0 Å². The van der Waals surface area contributed by atoms with Gasteiger partial charge in [0.15, 0.2) is 0 Å². The molecule has 0 aromatic heterocycles. The first-order chi connectivity index (χ1) is 7.11. The normalized spacial score (nSPS) is 27.6. The second-order valence-electron chi connectivity index (χ2n) is 5.06. The van der Waals surface area contributed by atoms with Gasteiger partial charge in [-0.3, -0.25) is 0 Å². The Morgan fingerprint density at radius 2 is 1.73 bits per heavy atom. The third-order valence-electron chi connectivity index (χ3n) is 3.38. The van der Waals surface area contributed by atoms with E-state index in [1.165, 1.54) is 25.7 Å². The zero-order valence-corrected chi connectivity index (χ0v) is 10.4. The van der Waals surface area contributed by atoms with Crippen molar-refractivity contribution in [2.75, 3.05) is 34.2 Å². The predicted molar refractivity (Wildman–Crippen MR) is 64.1 cm³/mol. The Kier molecular flexibility index (Phi) is 5.58. The highest BCUT2D eigenvalue weighted by atomic mass is 16.3. The first-order valence-corrected chi connectivity index (χ1v) is 6.14. The molecule has 0 bridgehead atoms. The fourth-order valence-corrected chi connectivity index (χ4v) is 2.41. The van der Waals surface area contributed by atoms with Crippen molar-refractivity contribution in [3.8, 4) is 0 Å². The molecule has 3 heteroatoms. The third kappa shape index (κ3) is 4.49. The molecule has 2 unspecified atom stereocenters. The van der Waals surface area contributed by atoms with E-state index in [1.54, 1.807) is 0 Å². The average molecular weight is 214 g/mol. The molecule has 0 aliphatic heterocycles. The summed E-state index contributed by atoms with van der Waals surface area (Å²) in [6.45, 7) is 2.23. The van der Waals surface area contributed by atoms with Crippen molar-refractivity contribution in [2.24, 2.45) is 0 Å². The van der Waals surface area contributed by atoms with Gasteiger partial charge in [0, 0.05) is 6.04 Å². The van der Waals surface area contributed by atoms with Crippen molar-refractivity contribution in [2.45, 2.75) is 44.2 Å². The molecule has 1 aliphatic rings. The Labute approximate surface area is 94.1 Å². The van der Waals surface area contributed by atoms with Crippen molar-refractivity contribution >= 4 is 0 Å². The van der Waals surface area contributed by atoms with Gasteiger partial charge < -0.3 is 14.9 Å². The fourth-order valence-electron chi connectivity index (χ4n) is 2.41. The molecule has 90 valence electrons. The van der Waals surface area contributed by atoms with Gasteiger partial charge in [0.25, 0.3) is 0 Å². The molecule has 0 aromatic carbocycles. The molecule has 1 N–H and O–H groups in total. The quantitative estimate of drug-likeness (QED) is 0.744. The largest absolute Gasteiger partial charge is 0.391 e. The molecule has 0 saturated heterocycles. The van der Waals surface area contributed by atoms with Crippen LogP contribution in [-0.2, 0) is 0 Å². The molecule has 15 heavy (non-hydrogen) atoms. The Morgan fingerprint density at radius 3 is 2.33 bits per heavy atom. The van der Waals surface area contributed by atoms with Crippen LogP contribution in [0.1, 0.15) is 32.1 Å². The first-order valence-electron chi connectivity index (χ1n) is 6.14. The van der Waals surface area contributed by atoms with Gasteiger partial charge in [-0.25, -0.2) is 0 Å². The van der Waals surface area contributed by atoms with Gasteiger partial charge in [-0.2, -0.15) is 0 Å². The van der Waals surface area contributed by atoms with E-state index < -0.39 is 0 Å². The van der Waals surface area contributed by atoms with Crippen LogP contribution < -0.4 is 0 Å². The summed E-state index contributed by atoms with van der Waals surface area (Å²) in [6, 6.07) is 0.404. The van der Waals surface area contributed by atoms with Crippen molar-refractivity contribution in [1.82, 2.24) is 9.80 Å². The molecule has 1 aliphatic carbocycles. The summed E-state index contributed by atoms with van der Waals surface area (Å²) in [4.78, 5) is 4.55. The highest BCUT2D eigenvalue weighted by Gasteiger charge is 2.25. The second kappa shape index (κ2) is 6.46. The van der Waals surface area contributed by atoms with E-state index in [2.05, 4.69) is 30.9 Å². The Morgan fingerprint density at radius 1 is 1.07 bits per heavy atom. The standard InChI is InChI=1S/C12H26N2O/c1-13(2)9-6-10-14(3)11-7-4-5-8-12(11)15/h11-12,15H,4-10H2,1-3H3. The second-order valence-corrected chi connectivity index (χ2v) is 5.06. The fraction of sp³-hybridized carbons (Fsp3) is 1.00. The van der Waals surface area contributed by atoms with Crippen LogP contribution >= 0.6 is 0 Å². The summed E-state index contributed by atoms with van der Waals surface area (Å²) < 4.78 is 0. The van der Waals surface area contributed by atoms with Crippen LogP contribution in [0.15, 0.2) is 0 Å². The Hall–Kier alpha value is -0.120. The molecule has 0 spiro atoms. The number of hydrogen-bond donors (Lipinski definition) is 1. The first kappa shape index (κ1) is 12.9. The monoisotopic (exact) mass is 214 g/mol. The molecule has 0 heterocycles. The minimum atomic E-state index is -0.0943. The van der Waals surface area contributed by atoms with Crippen LogP contribution in [0.25, 0.3) is 0 Å². The summed E-state index contributed by atoms with van der Waals surface area (Å²) in [5, 5.41) is 9.90. The minimum absolute atomic E-state index is 0.0943.